The lowest BCUT2D eigenvalue weighted by Crippen LogP contribution is -2.28. The van der Waals surface area contributed by atoms with Crippen molar-refractivity contribution in [1.29, 1.82) is 0 Å². The van der Waals surface area contributed by atoms with Gasteiger partial charge in [-0.1, -0.05) is 13.8 Å². The van der Waals surface area contributed by atoms with Crippen molar-refractivity contribution in [3.05, 3.63) is 6.92 Å². The quantitative estimate of drug-likeness (QED) is 0.619. The van der Waals surface area contributed by atoms with Gasteiger partial charge in [0.2, 0.25) is 0 Å². The summed E-state index contributed by atoms with van der Waals surface area (Å²) in [4.78, 5) is 0. The van der Waals surface area contributed by atoms with E-state index in [1.165, 1.54) is 0 Å². The van der Waals surface area contributed by atoms with E-state index in [4.69, 9.17) is 5.11 Å². The second-order valence-corrected chi connectivity index (χ2v) is 2.67. The van der Waals surface area contributed by atoms with E-state index in [0.29, 0.717) is 6.42 Å². The monoisotopic (exact) mass is 145 g/mol. The zero-order valence-corrected chi connectivity index (χ0v) is 6.75. The molecule has 2 heteroatoms. The second kappa shape index (κ2) is 4.69. The Balaban J connectivity index is 3.80. The van der Waals surface area contributed by atoms with Gasteiger partial charge in [-0.05, 0) is 19.8 Å². The third-order valence-electron chi connectivity index (χ3n) is 1.88. The first-order valence-electron chi connectivity index (χ1n) is 3.78. The van der Waals surface area contributed by atoms with Crippen molar-refractivity contribution in [2.45, 2.75) is 38.9 Å². The van der Waals surface area contributed by atoms with Gasteiger partial charge in [0.25, 0.3) is 0 Å². The zero-order valence-electron chi connectivity index (χ0n) is 6.75. The fourth-order valence-corrected chi connectivity index (χ4v) is 1.15. The van der Waals surface area contributed by atoms with Crippen LogP contribution < -0.4 is 0 Å². The zero-order chi connectivity index (χ0) is 8.15. The highest BCUT2D eigenvalue weighted by Gasteiger charge is 2.19. The highest BCUT2D eigenvalue weighted by atomic mass is 16.3. The van der Waals surface area contributed by atoms with Crippen LogP contribution >= 0.6 is 0 Å². The SMILES string of the molecule is [CH2]CC(O)C(CC)C(C)O. The first-order valence-corrected chi connectivity index (χ1v) is 3.78. The summed E-state index contributed by atoms with van der Waals surface area (Å²) in [5.74, 6) is -0.0162. The predicted molar refractivity (Wildman–Crippen MR) is 41.4 cm³/mol. The molecular weight excluding hydrogens is 128 g/mol. The molecule has 0 rings (SSSR count). The Kier molecular flexibility index (Phi) is 4.65. The maximum Gasteiger partial charge on any atom is 0.0592 e. The molecule has 0 bridgehead atoms. The summed E-state index contributed by atoms with van der Waals surface area (Å²) in [6.07, 6.45) is 0.393. The maximum absolute atomic E-state index is 9.27. The summed E-state index contributed by atoms with van der Waals surface area (Å²) in [6, 6.07) is 0. The van der Waals surface area contributed by atoms with Gasteiger partial charge in [0.05, 0.1) is 12.2 Å². The lowest BCUT2D eigenvalue weighted by molar-refractivity contribution is 0.0212. The lowest BCUT2D eigenvalue weighted by Gasteiger charge is -2.22. The summed E-state index contributed by atoms with van der Waals surface area (Å²) in [5.41, 5.74) is 0. The van der Waals surface area contributed by atoms with E-state index in [0.717, 1.165) is 6.42 Å². The molecule has 0 aliphatic carbocycles. The largest absolute Gasteiger partial charge is 0.393 e. The van der Waals surface area contributed by atoms with Gasteiger partial charge in [-0.2, -0.15) is 0 Å². The van der Waals surface area contributed by atoms with Gasteiger partial charge in [-0.25, -0.2) is 0 Å². The van der Waals surface area contributed by atoms with Crippen molar-refractivity contribution >= 4 is 0 Å². The molecule has 3 unspecified atom stereocenters. The van der Waals surface area contributed by atoms with Gasteiger partial charge in [0.1, 0.15) is 0 Å². The summed E-state index contributed by atoms with van der Waals surface area (Å²) in [6.45, 7) is 7.23. The molecule has 0 amide bonds. The highest BCUT2D eigenvalue weighted by molar-refractivity contribution is 4.72. The minimum atomic E-state index is -0.454. The van der Waals surface area contributed by atoms with Crippen LogP contribution in [0.25, 0.3) is 0 Å². The molecule has 2 N–H and O–H groups in total. The number of hydrogen-bond donors (Lipinski definition) is 2. The Bertz CT molecular complexity index is 81.3. The van der Waals surface area contributed by atoms with E-state index in [2.05, 4.69) is 6.92 Å². The smallest absolute Gasteiger partial charge is 0.0592 e. The summed E-state index contributed by atoms with van der Waals surface area (Å²) in [7, 11) is 0. The maximum atomic E-state index is 9.27. The lowest BCUT2D eigenvalue weighted by atomic mass is 9.93. The van der Waals surface area contributed by atoms with Gasteiger partial charge in [-0.15, -0.1) is 0 Å². The van der Waals surface area contributed by atoms with Gasteiger partial charge in [-0.3, -0.25) is 0 Å². The number of aliphatic hydroxyl groups excluding tert-OH is 2. The first-order chi connectivity index (χ1) is 4.63. The third-order valence-corrected chi connectivity index (χ3v) is 1.88. The van der Waals surface area contributed by atoms with Crippen molar-refractivity contribution in [1.82, 2.24) is 0 Å². The third kappa shape index (κ3) is 2.67. The second-order valence-electron chi connectivity index (χ2n) is 2.67. The number of rotatable bonds is 4. The molecule has 0 spiro atoms. The van der Waals surface area contributed by atoms with Gasteiger partial charge in [0.15, 0.2) is 0 Å². The Morgan fingerprint density at radius 2 is 1.90 bits per heavy atom. The molecule has 0 heterocycles. The van der Waals surface area contributed by atoms with E-state index in [1.54, 1.807) is 6.92 Å². The van der Waals surface area contributed by atoms with E-state index in [1.807, 2.05) is 6.92 Å². The van der Waals surface area contributed by atoms with Crippen molar-refractivity contribution in [3.63, 3.8) is 0 Å². The van der Waals surface area contributed by atoms with E-state index in [9.17, 15) is 5.11 Å². The first kappa shape index (κ1) is 9.92. The fraction of sp³-hybridized carbons (Fsp3) is 0.875. The molecule has 3 atom stereocenters. The molecule has 0 saturated carbocycles. The molecule has 10 heavy (non-hydrogen) atoms. The Hall–Kier alpha value is -0.0800. The highest BCUT2D eigenvalue weighted by Crippen LogP contribution is 2.15. The molecule has 0 aromatic carbocycles. The molecule has 0 saturated heterocycles. The summed E-state index contributed by atoms with van der Waals surface area (Å²) < 4.78 is 0. The van der Waals surface area contributed by atoms with Crippen LogP contribution in [0.4, 0.5) is 0 Å². The van der Waals surface area contributed by atoms with Gasteiger partial charge >= 0.3 is 0 Å². The van der Waals surface area contributed by atoms with Crippen molar-refractivity contribution in [2.24, 2.45) is 5.92 Å². The molecule has 0 fully saturated rings. The molecule has 0 aromatic rings. The van der Waals surface area contributed by atoms with Crippen molar-refractivity contribution in [3.8, 4) is 0 Å². The van der Waals surface area contributed by atoms with Crippen LogP contribution in [0.1, 0.15) is 26.7 Å². The molecule has 0 aromatic heterocycles. The van der Waals surface area contributed by atoms with Crippen molar-refractivity contribution in [2.75, 3.05) is 0 Å². The molecular formula is C8H17O2. The Morgan fingerprint density at radius 3 is 2.00 bits per heavy atom. The predicted octanol–water partition coefficient (Wildman–Crippen LogP) is 0.978. The van der Waals surface area contributed by atoms with Crippen LogP contribution in [0.15, 0.2) is 0 Å². The minimum absolute atomic E-state index is 0.0162. The Labute approximate surface area is 62.9 Å². The van der Waals surface area contributed by atoms with Crippen LogP contribution in [-0.2, 0) is 0 Å². The van der Waals surface area contributed by atoms with Crippen LogP contribution in [0.3, 0.4) is 0 Å². The van der Waals surface area contributed by atoms with Crippen LogP contribution in [0.5, 0.6) is 0 Å². The summed E-state index contributed by atoms with van der Waals surface area (Å²) >= 11 is 0. The standard InChI is InChI=1S/C8H17O2/c1-4-7(6(3)9)8(10)5-2/h6-10H,2,4-5H2,1,3H3. The van der Waals surface area contributed by atoms with Gasteiger partial charge < -0.3 is 10.2 Å². The Morgan fingerprint density at radius 1 is 1.40 bits per heavy atom. The number of aliphatic hydroxyl groups is 2. The average Bonchev–Trinajstić information content (AvgIpc) is 1.88. The van der Waals surface area contributed by atoms with Gasteiger partial charge in [0, 0.05) is 5.92 Å². The van der Waals surface area contributed by atoms with Crippen LogP contribution in [-0.4, -0.2) is 22.4 Å². The van der Waals surface area contributed by atoms with E-state index < -0.39 is 12.2 Å². The van der Waals surface area contributed by atoms with E-state index >= 15 is 0 Å². The average molecular weight is 145 g/mol. The fourth-order valence-electron chi connectivity index (χ4n) is 1.15. The number of hydrogen-bond acceptors (Lipinski definition) is 2. The van der Waals surface area contributed by atoms with Crippen LogP contribution in [0.2, 0.25) is 0 Å². The molecule has 0 aliphatic rings. The van der Waals surface area contributed by atoms with Crippen molar-refractivity contribution < 1.29 is 10.2 Å². The van der Waals surface area contributed by atoms with Crippen LogP contribution in [0, 0.1) is 12.8 Å². The normalized spacial score (nSPS) is 20.1. The molecule has 61 valence electrons. The van der Waals surface area contributed by atoms with E-state index in [-0.39, 0.29) is 5.92 Å². The molecule has 1 radical (unpaired) electrons. The minimum Gasteiger partial charge on any atom is -0.393 e. The topological polar surface area (TPSA) is 40.5 Å². The molecule has 0 aliphatic heterocycles. The summed E-state index contributed by atoms with van der Waals surface area (Å²) in [5, 5.41) is 18.4. The molecule has 2 nitrogen and oxygen atoms in total.